The largest absolute Gasteiger partial charge is 0.497 e. The standard InChI is InChI=1S/C17H17NO2/c1-12-5-3-8-16-17(12)13(10-18-16)11-20-15-7-4-6-14(9-15)19-2/h3-10,18H,11H2,1-2H3. The van der Waals surface area contributed by atoms with E-state index in [-0.39, 0.29) is 0 Å². The average molecular weight is 267 g/mol. The monoisotopic (exact) mass is 267 g/mol. The predicted molar refractivity (Wildman–Crippen MR) is 80.4 cm³/mol. The van der Waals surface area contributed by atoms with E-state index in [1.165, 1.54) is 16.5 Å². The number of aromatic nitrogens is 1. The van der Waals surface area contributed by atoms with E-state index >= 15 is 0 Å². The molecule has 3 aromatic rings. The lowest BCUT2D eigenvalue weighted by Crippen LogP contribution is -1.95. The molecule has 1 N–H and O–H groups in total. The molecule has 0 amide bonds. The summed E-state index contributed by atoms with van der Waals surface area (Å²) in [5.41, 5.74) is 3.57. The van der Waals surface area contributed by atoms with E-state index < -0.39 is 0 Å². The summed E-state index contributed by atoms with van der Waals surface area (Å²) in [6.45, 7) is 2.66. The first kappa shape index (κ1) is 12.6. The van der Waals surface area contributed by atoms with Crippen LogP contribution in [0.4, 0.5) is 0 Å². The Bertz CT molecular complexity index is 731. The van der Waals surface area contributed by atoms with Gasteiger partial charge in [0, 0.05) is 28.7 Å². The van der Waals surface area contributed by atoms with Gasteiger partial charge in [0.2, 0.25) is 0 Å². The van der Waals surface area contributed by atoms with Gasteiger partial charge in [-0.1, -0.05) is 18.2 Å². The topological polar surface area (TPSA) is 34.2 Å². The molecule has 0 saturated heterocycles. The van der Waals surface area contributed by atoms with Gasteiger partial charge in [-0.3, -0.25) is 0 Å². The van der Waals surface area contributed by atoms with Crippen LogP contribution in [0.15, 0.2) is 48.7 Å². The lowest BCUT2D eigenvalue weighted by Gasteiger charge is -2.07. The summed E-state index contributed by atoms with van der Waals surface area (Å²) >= 11 is 0. The Morgan fingerprint density at radius 2 is 1.85 bits per heavy atom. The number of hydrogen-bond acceptors (Lipinski definition) is 2. The number of benzene rings is 2. The van der Waals surface area contributed by atoms with Crippen LogP contribution >= 0.6 is 0 Å². The van der Waals surface area contributed by atoms with Crippen molar-refractivity contribution >= 4 is 10.9 Å². The molecule has 3 nitrogen and oxygen atoms in total. The van der Waals surface area contributed by atoms with Gasteiger partial charge in [0.1, 0.15) is 18.1 Å². The van der Waals surface area contributed by atoms with E-state index in [1.807, 2.05) is 30.5 Å². The Balaban J connectivity index is 1.83. The zero-order valence-electron chi connectivity index (χ0n) is 11.6. The van der Waals surface area contributed by atoms with Crippen LogP contribution in [-0.4, -0.2) is 12.1 Å². The molecule has 0 aliphatic rings. The van der Waals surface area contributed by atoms with Crippen molar-refractivity contribution in [1.29, 1.82) is 0 Å². The molecular weight excluding hydrogens is 250 g/mol. The highest BCUT2D eigenvalue weighted by atomic mass is 16.5. The molecule has 0 radical (unpaired) electrons. The van der Waals surface area contributed by atoms with E-state index in [4.69, 9.17) is 9.47 Å². The molecule has 0 spiro atoms. The second-order valence-corrected chi connectivity index (χ2v) is 4.78. The normalized spacial score (nSPS) is 10.7. The van der Waals surface area contributed by atoms with Gasteiger partial charge in [-0.05, 0) is 30.7 Å². The number of rotatable bonds is 4. The first-order valence-corrected chi connectivity index (χ1v) is 6.60. The van der Waals surface area contributed by atoms with Crippen molar-refractivity contribution in [2.24, 2.45) is 0 Å². The van der Waals surface area contributed by atoms with Crippen molar-refractivity contribution in [1.82, 2.24) is 4.98 Å². The van der Waals surface area contributed by atoms with Gasteiger partial charge >= 0.3 is 0 Å². The molecule has 3 heteroatoms. The highest BCUT2D eigenvalue weighted by Gasteiger charge is 2.07. The van der Waals surface area contributed by atoms with Gasteiger partial charge in [-0.2, -0.15) is 0 Å². The molecule has 20 heavy (non-hydrogen) atoms. The molecular formula is C17H17NO2. The zero-order valence-corrected chi connectivity index (χ0v) is 11.6. The minimum absolute atomic E-state index is 0.540. The number of aromatic amines is 1. The molecule has 0 bridgehead atoms. The lowest BCUT2D eigenvalue weighted by molar-refractivity contribution is 0.305. The van der Waals surface area contributed by atoms with E-state index in [1.54, 1.807) is 7.11 Å². The maximum Gasteiger partial charge on any atom is 0.123 e. The van der Waals surface area contributed by atoms with Gasteiger partial charge < -0.3 is 14.5 Å². The maximum atomic E-state index is 5.86. The summed E-state index contributed by atoms with van der Waals surface area (Å²) in [4.78, 5) is 3.28. The first-order valence-electron chi connectivity index (χ1n) is 6.60. The third-order valence-corrected chi connectivity index (χ3v) is 3.43. The molecule has 1 heterocycles. The van der Waals surface area contributed by atoms with Crippen molar-refractivity contribution in [2.75, 3.05) is 7.11 Å². The van der Waals surface area contributed by atoms with Gasteiger partial charge in [0.25, 0.3) is 0 Å². The van der Waals surface area contributed by atoms with Crippen molar-refractivity contribution in [3.63, 3.8) is 0 Å². The van der Waals surface area contributed by atoms with E-state index in [2.05, 4.69) is 30.1 Å². The maximum absolute atomic E-state index is 5.86. The second kappa shape index (κ2) is 5.29. The molecule has 0 fully saturated rings. The summed E-state index contributed by atoms with van der Waals surface area (Å²) in [6.07, 6.45) is 2.01. The van der Waals surface area contributed by atoms with Crippen molar-refractivity contribution in [2.45, 2.75) is 13.5 Å². The van der Waals surface area contributed by atoms with Gasteiger partial charge in [-0.15, -0.1) is 0 Å². The Morgan fingerprint density at radius 1 is 1.05 bits per heavy atom. The Morgan fingerprint density at radius 3 is 2.70 bits per heavy atom. The fraction of sp³-hybridized carbons (Fsp3) is 0.176. The average Bonchev–Trinajstić information content (AvgIpc) is 2.90. The fourth-order valence-corrected chi connectivity index (χ4v) is 2.42. The molecule has 102 valence electrons. The Kier molecular flexibility index (Phi) is 3.33. The number of aryl methyl sites for hydroxylation is 1. The Hall–Kier alpha value is -2.42. The zero-order chi connectivity index (χ0) is 13.9. The minimum atomic E-state index is 0.540. The molecule has 1 aromatic heterocycles. The van der Waals surface area contributed by atoms with Crippen LogP contribution in [0.3, 0.4) is 0 Å². The first-order chi connectivity index (χ1) is 9.78. The molecule has 0 unspecified atom stereocenters. The lowest BCUT2D eigenvalue weighted by atomic mass is 10.1. The van der Waals surface area contributed by atoms with Gasteiger partial charge in [-0.25, -0.2) is 0 Å². The molecule has 0 atom stereocenters. The minimum Gasteiger partial charge on any atom is -0.497 e. The SMILES string of the molecule is COc1cccc(OCc2c[nH]c3cccc(C)c23)c1. The number of fused-ring (bicyclic) bond motifs is 1. The summed E-state index contributed by atoms with van der Waals surface area (Å²) in [5, 5.41) is 1.25. The Labute approximate surface area is 118 Å². The fourth-order valence-electron chi connectivity index (χ4n) is 2.42. The van der Waals surface area contributed by atoms with E-state index in [0.29, 0.717) is 6.61 Å². The molecule has 3 rings (SSSR count). The van der Waals surface area contributed by atoms with Crippen LogP contribution in [0.1, 0.15) is 11.1 Å². The smallest absolute Gasteiger partial charge is 0.123 e. The van der Waals surface area contributed by atoms with Crippen molar-refractivity contribution < 1.29 is 9.47 Å². The van der Waals surface area contributed by atoms with Gasteiger partial charge in [0.05, 0.1) is 7.11 Å². The third kappa shape index (κ3) is 2.35. The second-order valence-electron chi connectivity index (χ2n) is 4.78. The van der Waals surface area contributed by atoms with Crippen LogP contribution in [0.2, 0.25) is 0 Å². The highest BCUT2D eigenvalue weighted by molar-refractivity contribution is 5.86. The number of methoxy groups -OCH3 is 1. The quantitative estimate of drug-likeness (QED) is 0.773. The third-order valence-electron chi connectivity index (χ3n) is 3.43. The number of H-pyrrole nitrogens is 1. The molecule has 2 aromatic carbocycles. The number of ether oxygens (including phenoxy) is 2. The predicted octanol–water partition coefficient (Wildman–Crippen LogP) is 4.06. The van der Waals surface area contributed by atoms with E-state index in [0.717, 1.165) is 17.0 Å². The van der Waals surface area contributed by atoms with Crippen molar-refractivity contribution in [3.05, 3.63) is 59.8 Å². The number of hydrogen-bond donors (Lipinski definition) is 1. The molecule has 0 aliphatic heterocycles. The summed E-state index contributed by atoms with van der Waals surface area (Å²) in [5.74, 6) is 1.62. The van der Waals surface area contributed by atoms with E-state index in [9.17, 15) is 0 Å². The summed E-state index contributed by atoms with van der Waals surface area (Å²) in [6, 6.07) is 13.9. The van der Waals surface area contributed by atoms with Crippen molar-refractivity contribution in [3.8, 4) is 11.5 Å². The molecule has 0 aliphatic carbocycles. The van der Waals surface area contributed by atoms with Crippen LogP contribution < -0.4 is 9.47 Å². The summed E-state index contributed by atoms with van der Waals surface area (Å²) in [7, 11) is 1.65. The highest BCUT2D eigenvalue weighted by Crippen LogP contribution is 2.24. The van der Waals surface area contributed by atoms with Gasteiger partial charge in [0.15, 0.2) is 0 Å². The van der Waals surface area contributed by atoms with Crippen LogP contribution in [0.5, 0.6) is 11.5 Å². The van der Waals surface area contributed by atoms with Crippen LogP contribution in [0.25, 0.3) is 10.9 Å². The van der Waals surface area contributed by atoms with Crippen LogP contribution in [0, 0.1) is 6.92 Å². The van der Waals surface area contributed by atoms with Crippen LogP contribution in [-0.2, 0) is 6.61 Å². The summed E-state index contributed by atoms with van der Waals surface area (Å²) < 4.78 is 11.1. The molecule has 0 saturated carbocycles. The number of nitrogens with one attached hydrogen (secondary N) is 1.